The number of nitrogens with zero attached hydrogens (tertiary/aromatic N) is 1. The highest BCUT2D eigenvalue weighted by atomic mass is 16.6. The third-order valence-electron chi connectivity index (χ3n) is 2.70. The smallest absolute Gasteiger partial charge is 0.342 e. The van der Waals surface area contributed by atoms with Crippen molar-refractivity contribution in [2.24, 2.45) is 0 Å². The van der Waals surface area contributed by atoms with E-state index in [0.717, 1.165) is 12.1 Å². The van der Waals surface area contributed by atoms with Crippen LogP contribution in [0.5, 0.6) is 5.75 Å². The number of carbonyl (C=O) groups is 2. The molecule has 0 aliphatic rings. The molecule has 2 aromatic rings. The number of carboxylic acid groups (broad SMARTS) is 2. The van der Waals surface area contributed by atoms with Gasteiger partial charge in [-0.3, -0.25) is 10.1 Å². The van der Waals surface area contributed by atoms with Crippen molar-refractivity contribution in [1.29, 1.82) is 0 Å². The van der Waals surface area contributed by atoms with Crippen LogP contribution in [0.15, 0.2) is 36.4 Å². The first-order chi connectivity index (χ1) is 11.1. The molecule has 0 unspecified atom stereocenters. The first-order valence-corrected chi connectivity index (χ1v) is 6.22. The summed E-state index contributed by atoms with van der Waals surface area (Å²) in [5, 5.41) is 36.4. The third-order valence-corrected chi connectivity index (χ3v) is 2.70. The molecule has 0 spiro atoms. The number of nitro groups is 1. The summed E-state index contributed by atoms with van der Waals surface area (Å²) < 4.78 is 0. The lowest BCUT2D eigenvalue weighted by molar-refractivity contribution is -0.385. The molecule has 0 fully saturated rings. The fourth-order valence-electron chi connectivity index (χ4n) is 1.61. The van der Waals surface area contributed by atoms with Crippen LogP contribution in [-0.2, 0) is 0 Å². The van der Waals surface area contributed by atoms with E-state index < -0.39 is 28.1 Å². The quantitative estimate of drug-likeness (QED) is 0.239. The van der Waals surface area contributed by atoms with E-state index >= 15 is 0 Å². The molecule has 126 valence electrons. The van der Waals surface area contributed by atoms with Crippen LogP contribution in [0.3, 0.4) is 0 Å². The summed E-state index contributed by atoms with van der Waals surface area (Å²) in [5.74, 6) is -2.82. The Morgan fingerprint density at radius 2 is 1.38 bits per heavy atom. The van der Waals surface area contributed by atoms with Crippen molar-refractivity contribution < 1.29 is 29.8 Å². The van der Waals surface area contributed by atoms with Gasteiger partial charge in [0, 0.05) is 17.4 Å². The molecule has 2 rings (SSSR count). The first-order valence-electron chi connectivity index (χ1n) is 6.22. The van der Waals surface area contributed by atoms with Gasteiger partial charge in [0.15, 0.2) is 0 Å². The van der Waals surface area contributed by atoms with Gasteiger partial charge in [-0.15, -0.1) is 0 Å². The van der Waals surface area contributed by atoms with Gasteiger partial charge in [-0.1, -0.05) is 0 Å². The fourth-order valence-corrected chi connectivity index (χ4v) is 1.61. The van der Waals surface area contributed by atoms with Crippen molar-refractivity contribution in [1.82, 2.24) is 0 Å². The number of phenols is 1. The summed E-state index contributed by atoms with van der Waals surface area (Å²) in [6, 6.07) is 7.29. The van der Waals surface area contributed by atoms with Crippen molar-refractivity contribution in [2.75, 3.05) is 11.5 Å². The molecule has 10 heteroatoms. The third kappa shape index (κ3) is 4.59. The van der Waals surface area contributed by atoms with Gasteiger partial charge in [-0.05, 0) is 30.3 Å². The molecule has 24 heavy (non-hydrogen) atoms. The lowest BCUT2D eigenvalue weighted by Crippen LogP contribution is -2.03. The van der Waals surface area contributed by atoms with Crippen LogP contribution >= 0.6 is 0 Å². The van der Waals surface area contributed by atoms with E-state index in [1.807, 2.05) is 0 Å². The van der Waals surface area contributed by atoms with Gasteiger partial charge in [0.1, 0.15) is 16.9 Å². The molecule has 7 N–H and O–H groups in total. The Kier molecular flexibility index (Phi) is 5.65. The molecular formula is C14H13N3O7. The average Bonchev–Trinajstić information content (AvgIpc) is 2.49. The number of nitrogen functional groups attached to an aromatic ring is 2. The number of nitro benzene ring substituents is 1. The van der Waals surface area contributed by atoms with Crippen molar-refractivity contribution >= 4 is 29.0 Å². The Morgan fingerprint density at radius 1 is 0.917 bits per heavy atom. The molecule has 0 saturated carbocycles. The Balaban J connectivity index is 0.000000243. The maximum atomic E-state index is 10.5. The number of hydrogen-bond donors (Lipinski definition) is 5. The highest BCUT2D eigenvalue weighted by molar-refractivity contribution is 5.93. The number of hydrogen-bond acceptors (Lipinski definition) is 7. The highest BCUT2D eigenvalue weighted by Crippen LogP contribution is 2.21. The topological polar surface area (TPSA) is 190 Å². The summed E-state index contributed by atoms with van der Waals surface area (Å²) in [6.07, 6.45) is 0. The summed E-state index contributed by atoms with van der Waals surface area (Å²) in [7, 11) is 0. The van der Waals surface area contributed by atoms with Crippen LogP contribution in [-0.4, -0.2) is 32.2 Å². The number of carboxylic acids is 2. The Bertz CT molecular complexity index is 805. The monoisotopic (exact) mass is 335 g/mol. The number of rotatable bonds is 3. The summed E-state index contributed by atoms with van der Waals surface area (Å²) >= 11 is 0. The average molecular weight is 335 g/mol. The van der Waals surface area contributed by atoms with E-state index in [0.29, 0.717) is 5.69 Å². The second-order valence-corrected chi connectivity index (χ2v) is 4.42. The van der Waals surface area contributed by atoms with Gasteiger partial charge in [-0.2, -0.15) is 0 Å². The van der Waals surface area contributed by atoms with Crippen LogP contribution in [0.2, 0.25) is 0 Å². The Morgan fingerprint density at radius 3 is 1.79 bits per heavy atom. The van der Waals surface area contributed by atoms with Crippen LogP contribution in [0.1, 0.15) is 20.7 Å². The van der Waals surface area contributed by atoms with E-state index in [9.17, 15) is 19.7 Å². The molecule has 0 heterocycles. The summed E-state index contributed by atoms with van der Waals surface area (Å²) in [5.41, 5.74) is 10.0. The van der Waals surface area contributed by atoms with E-state index in [1.165, 1.54) is 24.3 Å². The number of nitrogens with two attached hydrogens (primary N) is 2. The number of aromatic hydroxyl groups is 1. The van der Waals surface area contributed by atoms with Crippen LogP contribution in [0, 0.1) is 10.1 Å². The summed E-state index contributed by atoms with van der Waals surface area (Å²) in [4.78, 5) is 30.5. The van der Waals surface area contributed by atoms with E-state index in [1.54, 1.807) is 0 Å². The first kappa shape index (κ1) is 18.2. The number of aromatic carboxylic acids is 2. The molecule has 10 nitrogen and oxygen atoms in total. The SMILES string of the molecule is Nc1ccc(O)c(C(=O)O)c1.Nc1ccc([N+](=O)[O-])c(C(=O)O)c1. The van der Waals surface area contributed by atoms with E-state index in [4.69, 9.17) is 26.8 Å². The molecule has 0 aliphatic heterocycles. The Labute approximate surface area is 134 Å². The van der Waals surface area contributed by atoms with Gasteiger partial charge in [0.25, 0.3) is 5.69 Å². The van der Waals surface area contributed by atoms with Crippen LogP contribution in [0.4, 0.5) is 17.1 Å². The van der Waals surface area contributed by atoms with Gasteiger partial charge in [0.2, 0.25) is 0 Å². The zero-order chi connectivity index (χ0) is 18.4. The normalized spacial score (nSPS) is 9.50. The molecule has 0 radical (unpaired) electrons. The van der Waals surface area contributed by atoms with Gasteiger partial charge in [-0.25, -0.2) is 9.59 Å². The highest BCUT2D eigenvalue weighted by Gasteiger charge is 2.19. The number of anilines is 2. The molecule has 0 atom stereocenters. The zero-order valence-corrected chi connectivity index (χ0v) is 12.0. The minimum Gasteiger partial charge on any atom is -0.507 e. The Hall–Kier alpha value is -3.82. The van der Waals surface area contributed by atoms with Gasteiger partial charge in [0.05, 0.1) is 4.92 Å². The minimum atomic E-state index is -1.36. The van der Waals surface area contributed by atoms with Crippen LogP contribution < -0.4 is 11.5 Å². The van der Waals surface area contributed by atoms with Crippen molar-refractivity contribution in [3.05, 3.63) is 57.6 Å². The fraction of sp³-hybridized carbons (Fsp3) is 0. The van der Waals surface area contributed by atoms with Crippen LogP contribution in [0.25, 0.3) is 0 Å². The summed E-state index contributed by atoms with van der Waals surface area (Å²) in [6.45, 7) is 0. The van der Waals surface area contributed by atoms with Gasteiger partial charge < -0.3 is 26.8 Å². The molecule has 0 saturated heterocycles. The van der Waals surface area contributed by atoms with E-state index in [2.05, 4.69) is 0 Å². The lowest BCUT2D eigenvalue weighted by atomic mass is 10.1. The molecule has 0 amide bonds. The predicted molar refractivity (Wildman–Crippen MR) is 83.9 cm³/mol. The van der Waals surface area contributed by atoms with Crippen molar-refractivity contribution in [2.45, 2.75) is 0 Å². The molecule has 0 aliphatic carbocycles. The minimum absolute atomic E-state index is 0.176. The molecular weight excluding hydrogens is 322 g/mol. The predicted octanol–water partition coefficient (Wildman–Crippen LogP) is 1.55. The maximum absolute atomic E-state index is 10.5. The largest absolute Gasteiger partial charge is 0.507 e. The zero-order valence-electron chi connectivity index (χ0n) is 12.0. The van der Waals surface area contributed by atoms with Crippen molar-refractivity contribution in [3.63, 3.8) is 0 Å². The second kappa shape index (κ2) is 7.45. The molecule has 2 aromatic carbocycles. The van der Waals surface area contributed by atoms with Gasteiger partial charge >= 0.3 is 11.9 Å². The maximum Gasteiger partial charge on any atom is 0.342 e. The molecule has 0 aromatic heterocycles. The van der Waals surface area contributed by atoms with E-state index in [-0.39, 0.29) is 17.0 Å². The second-order valence-electron chi connectivity index (χ2n) is 4.42. The standard InChI is InChI=1S/C7H6N2O4.C7H7NO3/c8-4-1-2-6(9(12)13)5(3-4)7(10)11;8-4-1-2-6(9)5(3-4)7(10)11/h1-3H,8H2,(H,10,11);1-3,9H,8H2,(H,10,11). The molecule has 0 bridgehead atoms. The number of benzene rings is 2. The lowest BCUT2D eigenvalue weighted by Gasteiger charge is -1.98. The van der Waals surface area contributed by atoms with Crippen molar-refractivity contribution in [3.8, 4) is 5.75 Å².